The third kappa shape index (κ3) is 6.89. The summed E-state index contributed by atoms with van der Waals surface area (Å²) in [5.74, 6) is 0.825. The molecule has 0 fully saturated rings. The fourth-order valence-electron chi connectivity index (χ4n) is 3.23. The van der Waals surface area contributed by atoms with Gasteiger partial charge in [-0.3, -0.25) is 4.79 Å². The normalized spacial score (nSPS) is 12.3. The van der Waals surface area contributed by atoms with Crippen LogP contribution in [-0.4, -0.2) is 32.6 Å². The number of hydrogen-bond donors (Lipinski definition) is 1. The maximum atomic E-state index is 12.2. The smallest absolute Gasteiger partial charge is 0.250 e. The Bertz CT molecular complexity index is 1130. The van der Waals surface area contributed by atoms with Gasteiger partial charge in [-0.1, -0.05) is 93.2 Å². The number of hydrogen-bond acceptors (Lipinski definition) is 5. The van der Waals surface area contributed by atoms with Crippen molar-refractivity contribution in [2.45, 2.75) is 51.7 Å². The topological polar surface area (TPSA) is 72.2 Å². The second kappa shape index (κ2) is 11.1. The Balaban J connectivity index is 1.58. The van der Waals surface area contributed by atoms with Gasteiger partial charge in [-0.15, -0.1) is 10.2 Å². The lowest BCUT2D eigenvalue weighted by Crippen LogP contribution is -2.20. The molecule has 33 heavy (non-hydrogen) atoms. The van der Waals surface area contributed by atoms with Crippen molar-refractivity contribution < 1.29 is 4.79 Å². The number of allylic oxidation sites excluding steroid dienone is 1. The molecule has 0 aliphatic heterocycles. The number of benzene rings is 2. The molecule has 0 saturated heterocycles. The van der Waals surface area contributed by atoms with Gasteiger partial charge in [0.15, 0.2) is 11.0 Å². The monoisotopic (exact) mass is 461 g/mol. The Labute approximate surface area is 200 Å². The molecule has 0 aliphatic rings. The summed E-state index contributed by atoms with van der Waals surface area (Å²) < 4.78 is 2.03. The van der Waals surface area contributed by atoms with Crippen LogP contribution in [0.25, 0.3) is 17.5 Å². The molecule has 3 aromatic rings. The van der Waals surface area contributed by atoms with Gasteiger partial charge in [-0.25, -0.2) is 5.43 Å². The van der Waals surface area contributed by atoms with Crippen LogP contribution in [0.4, 0.5) is 0 Å². The summed E-state index contributed by atoms with van der Waals surface area (Å²) in [6.07, 6.45) is 3.65. The average molecular weight is 462 g/mol. The van der Waals surface area contributed by atoms with Crippen LogP contribution in [0.3, 0.4) is 0 Å². The van der Waals surface area contributed by atoms with E-state index in [0.29, 0.717) is 5.16 Å². The molecule has 0 aliphatic carbocycles. The zero-order valence-corrected chi connectivity index (χ0v) is 20.7. The molecule has 172 valence electrons. The number of carbonyl (C=O) groups excluding carboxylic acids is 1. The highest BCUT2D eigenvalue weighted by atomic mass is 32.2. The first-order valence-corrected chi connectivity index (χ1v) is 12.0. The van der Waals surface area contributed by atoms with Crippen LogP contribution in [-0.2, 0) is 16.8 Å². The number of carbonyl (C=O) groups is 1. The largest absolute Gasteiger partial charge is 0.302 e. The first kappa shape index (κ1) is 24.5. The summed E-state index contributed by atoms with van der Waals surface area (Å²) in [7, 11) is 0. The van der Waals surface area contributed by atoms with E-state index in [9.17, 15) is 4.79 Å². The first-order valence-electron chi connectivity index (χ1n) is 11.0. The maximum absolute atomic E-state index is 12.2. The Morgan fingerprint density at radius 1 is 1.09 bits per heavy atom. The van der Waals surface area contributed by atoms with Crippen LogP contribution >= 0.6 is 11.8 Å². The van der Waals surface area contributed by atoms with E-state index in [2.05, 4.69) is 65.8 Å². The van der Waals surface area contributed by atoms with E-state index < -0.39 is 0 Å². The molecule has 0 radical (unpaired) electrons. The van der Waals surface area contributed by atoms with Gasteiger partial charge in [0.1, 0.15) is 0 Å². The molecule has 1 amide bonds. The zero-order chi connectivity index (χ0) is 23.8. The molecule has 0 spiro atoms. The molecule has 1 N–H and O–H groups in total. The van der Waals surface area contributed by atoms with Crippen molar-refractivity contribution in [1.29, 1.82) is 0 Å². The van der Waals surface area contributed by atoms with Gasteiger partial charge in [0.05, 0.1) is 12.0 Å². The third-order valence-electron chi connectivity index (χ3n) is 5.03. The minimum Gasteiger partial charge on any atom is -0.302 e. The maximum Gasteiger partial charge on any atom is 0.250 e. The van der Waals surface area contributed by atoms with Gasteiger partial charge in [0, 0.05) is 12.1 Å². The molecule has 0 saturated carbocycles. The fraction of sp³-hybridized carbons (Fsp3) is 0.308. The van der Waals surface area contributed by atoms with E-state index in [0.717, 1.165) is 29.1 Å². The zero-order valence-electron chi connectivity index (χ0n) is 19.9. The first-order chi connectivity index (χ1) is 15.8. The van der Waals surface area contributed by atoms with Crippen molar-refractivity contribution in [3.05, 3.63) is 71.3 Å². The van der Waals surface area contributed by atoms with E-state index >= 15 is 0 Å². The lowest BCUT2D eigenvalue weighted by atomic mass is 9.87. The highest BCUT2D eigenvalue weighted by Gasteiger charge is 2.17. The van der Waals surface area contributed by atoms with Gasteiger partial charge in [-0.2, -0.15) is 5.10 Å². The van der Waals surface area contributed by atoms with Crippen LogP contribution < -0.4 is 5.43 Å². The van der Waals surface area contributed by atoms with Gasteiger partial charge in [0.25, 0.3) is 5.91 Å². The predicted molar refractivity (Wildman–Crippen MR) is 137 cm³/mol. The van der Waals surface area contributed by atoms with Crippen molar-refractivity contribution in [2.75, 3.05) is 5.75 Å². The van der Waals surface area contributed by atoms with Crippen LogP contribution in [0.1, 0.15) is 45.7 Å². The highest BCUT2D eigenvalue weighted by Crippen LogP contribution is 2.27. The van der Waals surface area contributed by atoms with E-state index in [-0.39, 0.29) is 17.1 Å². The molecule has 1 aromatic heterocycles. The summed E-state index contributed by atoms with van der Waals surface area (Å²) >= 11 is 1.35. The molecular weight excluding hydrogens is 430 g/mol. The molecule has 1 heterocycles. The van der Waals surface area contributed by atoms with E-state index in [1.165, 1.54) is 17.3 Å². The second-order valence-electron chi connectivity index (χ2n) is 8.76. The number of aromatic nitrogens is 3. The van der Waals surface area contributed by atoms with Gasteiger partial charge < -0.3 is 4.57 Å². The number of rotatable bonds is 8. The number of hydrazone groups is 1. The minimum atomic E-state index is -0.189. The van der Waals surface area contributed by atoms with E-state index in [4.69, 9.17) is 0 Å². The van der Waals surface area contributed by atoms with Crippen molar-refractivity contribution in [3.63, 3.8) is 0 Å². The van der Waals surface area contributed by atoms with Crippen molar-refractivity contribution in [3.8, 4) is 11.4 Å². The van der Waals surface area contributed by atoms with Crippen LogP contribution in [0, 0.1) is 0 Å². The Morgan fingerprint density at radius 3 is 2.42 bits per heavy atom. The highest BCUT2D eigenvalue weighted by molar-refractivity contribution is 7.99. The Hall–Kier alpha value is -3.19. The lowest BCUT2D eigenvalue weighted by Gasteiger charge is -2.19. The summed E-state index contributed by atoms with van der Waals surface area (Å²) in [6, 6.07) is 18.4. The second-order valence-corrected chi connectivity index (χ2v) is 9.70. The molecule has 0 atom stereocenters. The molecule has 2 aromatic carbocycles. The van der Waals surface area contributed by atoms with E-state index in [1.54, 1.807) is 6.21 Å². The number of nitrogens with zero attached hydrogens (tertiary/aromatic N) is 4. The average Bonchev–Trinajstić information content (AvgIpc) is 3.21. The van der Waals surface area contributed by atoms with Crippen LogP contribution in [0.5, 0.6) is 0 Å². The van der Waals surface area contributed by atoms with Crippen molar-refractivity contribution in [1.82, 2.24) is 20.2 Å². The van der Waals surface area contributed by atoms with Crippen LogP contribution in [0.15, 0.2) is 70.4 Å². The molecule has 0 unspecified atom stereocenters. The summed E-state index contributed by atoms with van der Waals surface area (Å²) in [6.45, 7) is 11.3. The number of thioether (sulfide) groups is 1. The predicted octanol–water partition coefficient (Wildman–Crippen LogP) is 5.56. The summed E-state index contributed by atoms with van der Waals surface area (Å²) in [5, 5.41) is 13.5. The quantitative estimate of drug-likeness (QED) is 0.271. The molecular formula is C26H31N5OS. The van der Waals surface area contributed by atoms with Gasteiger partial charge in [-0.05, 0) is 36.0 Å². The van der Waals surface area contributed by atoms with Gasteiger partial charge >= 0.3 is 0 Å². The van der Waals surface area contributed by atoms with Gasteiger partial charge in [0.2, 0.25) is 0 Å². The minimum absolute atomic E-state index is 0.101. The fourth-order valence-corrected chi connectivity index (χ4v) is 4.03. The molecule has 6 nitrogen and oxygen atoms in total. The van der Waals surface area contributed by atoms with Crippen molar-refractivity contribution in [2.24, 2.45) is 5.10 Å². The van der Waals surface area contributed by atoms with Crippen molar-refractivity contribution >= 4 is 30.0 Å². The lowest BCUT2D eigenvalue weighted by molar-refractivity contribution is -0.118. The Morgan fingerprint density at radius 2 is 1.79 bits per heavy atom. The van der Waals surface area contributed by atoms with Crippen LogP contribution in [0.2, 0.25) is 0 Å². The summed E-state index contributed by atoms with van der Waals surface area (Å²) in [4.78, 5) is 12.2. The standard InChI is InChI=1S/C26H31N5OS/c1-6-31-24(21-12-14-22(15-13-21)26(3,4)5)29-30-25(31)33-18-23(32)28-27-17-19(2)16-20-10-8-7-9-11-20/h7-17H,6,18H2,1-5H3,(H,28,32)/b19-16+,27-17-. The summed E-state index contributed by atoms with van der Waals surface area (Å²) in [5.41, 5.74) is 7.00. The molecule has 7 heteroatoms. The SMILES string of the molecule is CCn1c(SCC(=O)N/N=C\C(C)=C\c2ccccc2)nnc1-c1ccc(C(C)(C)C)cc1. The number of amides is 1. The Kier molecular flexibility index (Phi) is 8.22. The molecule has 0 bridgehead atoms. The van der Waals surface area contributed by atoms with E-state index in [1.807, 2.05) is 54.8 Å². The number of nitrogens with one attached hydrogen (secondary N) is 1. The molecule has 3 rings (SSSR count). The third-order valence-corrected chi connectivity index (χ3v) is 5.99.